The number of nitrogens with two attached hydrogens (primary N) is 1. The van der Waals surface area contributed by atoms with Crippen molar-refractivity contribution in [2.75, 3.05) is 11.4 Å². The van der Waals surface area contributed by atoms with Crippen LogP contribution in [-0.2, 0) is 0 Å². The van der Waals surface area contributed by atoms with Crippen LogP contribution in [0.25, 0.3) is 0 Å². The van der Waals surface area contributed by atoms with Crippen LogP contribution in [-0.4, -0.2) is 23.6 Å². The first-order chi connectivity index (χ1) is 9.52. The van der Waals surface area contributed by atoms with Crippen LogP contribution in [0.1, 0.15) is 38.7 Å². The van der Waals surface area contributed by atoms with Crippen LogP contribution < -0.4 is 10.6 Å². The molecule has 0 amide bonds. The largest absolute Gasteiger partial charge is 0.409 e. The lowest BCUT2D eigenvalue weighted by Gasteiger charge is -2.26. The van der Waals surface area contributed by atoms with E-state index in [0.717, 1.165) is 18.7 Å². The zero-order valence-corrected chi connectivity index (χ0v) is 12.8. The van der Waals surface area contributed by atoms with Gasteiger partial charge in [-0.25, -0.2) is 0 Å². The van der Waals surface area contributed by atoms with E-state index in [9.17, 15) is 0 Å². The van der Waals surface area contributed by atoms with E-state index in [1.807, 2.05) is 18.2 Å². The van der Waals surface area contributed by atoms with Gasteiger partial charge in [0, 0.05) is 23.8 Å². The molecule has 0 aliphatic heterocycles. The molecule has 0 spiro atoms. The molecule has 3 N–H and O–H groups in total. The van der Waals surface area contributed by atoms with Crippen LogP contribution >= 0.6 is 11.6 Å². The number of anilines is 1. The summed E-state index contributed by atoms with van der Waals surface area (Å²) >= 11 is 6.24. The maximum Gasteiger partial charge on any atom is 0.171 e. The van der Waals surface area contributed by atoms with Gasteiger partial charge in [0.05, 0.1) is 5.02 Å². The molecular formula is C15H22ClN3O. The lowest BCUT2D eigenvalue weighted by molar-refractivity contribution is 0.318. The zero-order chi connectivity index (χ0) is 14.7. The van der Waals surface area contributed by atoms with Gasteiger partial charge in [-0.2, -0.15) is 0 Å². The number of amidine groups is 1. The lowest BCUT2D eigenvalue weighted by atomic mass is 10.1. The number of hydrogen-bond donors (Lipinski definition) is 2. The molecule has 1 fully saturated rings. The zero-order valence-electron chi connectivity index (χ0n) is 12.0. The highest BCUT2D eigenvalue weighted by atomic mass is 35.5. The molecule has 1 aliphatic rings. The molecule has 5 heteroatoms. The highest BCUT2D eigenvalue weighted by Crippen LogP contribution is 2.34. The molecule has 1 saturated carbocycles. The second-order valence-corrected chi connectivity index (χ2v) is 6.16. The van der Waals surface area contributed by atoms with Crippen LogP contribution in [0, 0.1) is 5.92 Å². The SMILES string of the molecule is CC(C)CCN(c1ccc(/C(N)=N/O)c(Cl)c1)C1CC1. The third kappa shape index (κ3) is 3.57. The Balaban J connectivity index is 2.19. The van der Waals surface area contributed by atoms with Gasteiger partial charge in [-0.1, -0.05) is 30.6 Å². The fourth-order valence-electron chi connectivity index (χ4n) is 2.25. The Labute approximate surface area is 125 Å². The predicted molar refractivity (Wildman–Crippen MR) is 83.8 cm³/mol. The number of halogens is 1. The smallest absolute Gasteiger partial charge is 0.171 e. The summed E-state index contributed by atoms with van der Waals surface area (Å²) < 4.78 is 0. The van der Waals surface area contributed by atoms with Crippen molar-refractivity contribution in [3.05, 3.63) is 28.8 Å². The van der Waals surface area contributed by atoms with E-state index in [0.29, 0.717) is 22.5 Å². The quantitative estimate of drug-likeness (QED) is 0.366. The second-order valence-electron chi connectivity index (χ2n) is 5.76. The summed E-state index contributed by atoms with van der Waals surface area (Å²) in [5.41, 5.74) is 7.28. The Morgan fingerprint density at radius 3 is 2.70 bits per heavy atom. The fraction of sp³-hybridized carbons (Fsp3) is 0.533. The van der Waals surface area contributed by atoms with Gasteiger partial charge in [-0.15, -0.1) is 0 Å². The van der Waals surface area contributed by atoms with E-state index in [1.54, 1.807) is 0 Å². The van der Waals surface area contributed by atoms with Gasteiger partial charge in [-0.3, -0.25) is 0 Å². The van der Waals surface area contributed by atoms with E-state index in [4.69, 9.17) is 22.5 Å². The van der Waals surface area contributed by atoms with Gasteiger partial charge in [0.2, 0.25) is 0 Å². The van der Waals surface area contributed by atoms with E-state index in [-0.39, 0.29) is 5.84 Å². The predicted octanol–water partition coefficient (Wildman–Crippen LogP) is 3.45. The first-order valence-electron chi connectivity index (χ1n) is 7.07. The number of rotatable bonds is 6. The van der Waals surface area contributed by atoms with Crippen LogP contribution in [0.3, 0.4) is 0 Å². The van der Waals surface area contributed by atoms with E-state index in [1.165, 1.54) is 12.8 Å². The van der Waals surface area contributed by atoms with Crippen molar-refractivity contribution in [2.24, 2.45) is 16.8 Å². The van der Waals surface area contributed by atoms with Crippen molar-refractivity contribution >= 4 is 23.1 Å². The highest BCUT2D eigenvalue weighted by molar-refractivity contribution is 6.34. The summed E-state index contributed by atoms with van der Waals surface area (Å²) in [5.74, 6) is 0.727. The minimum Gasteiger partial charge on any atom is -0.409 e. The van der Waals surface area contributed by atoms with E-state index >= 15 is 0 Å². The topological polar surface area (TPSA) is 61.8 Å². The Morgan fingerprint density at radius 2 is 2.20 bits per heavy atom. The number of nitrogens with zero attached hydrogens (tertiary/aromatic N) is 2. The van der Waals surface area contributed by atoms with Gasteiger partial charge in [0.25, 0.3) is 0 Å². The Hall–Kier alpha value is -1.42. The molecule has 0 radical (unpaired) electrons. The lowest BCUT2D eigenvalue weighted by Crippen LogP contribution is -2.28. The first kappa shape index (κ1) is 15.0. The van der Waals surface area contributed by atoms with Gasteiger partial charge in [0.15, 0.2) is 5.84 Å². The monoisotopic (exact) mass is 295 g/mol. The molecular weight excluding hydrogens is 274 g/mol. The summed E-state index contributed by atoms with van der Waals surface area (Å²) in [5, 5.41) is 12.2. The number of oxime groups is 1. The summed E-state index contributed by atoms with van der Waals surface area (Å²) in [6.07, 6.45) is 3.66. The van der Waals surface area contributed by atoms with Crippen LogP contribution in [0.5, 0.6) is 0 Å². The summed E-state index contributed by atoms with van der Waals surface area (Å²) in [6, 6.07) is 6.36. The van der Waals surface area contributed by atoms with Gasteiger partial charge >= 0.3 is 0 Å². The molecule has 0 unspecified atom stereocenters. The fourth-order valence-corrected chi connectivity index (χ4v) is 2.52. The van der Waals surface area contributed by atoms with Crippen molar-refractivity contribution in [1.29, 1.82) is 0 Å². The third-order valence-corrected chi connectivity index (χ3v) is 3.92. The third-order valence-electron chi connectivity index (χ3n) is 3.60. The maximum atomic E-state index is 8.73. The summed E-state index contributed by atoms with van der Waals surface area (Å²) in [4.78, 5) is 2.42. The Bertz CT molecular complexity index is 498. The van der Waals surface area contributed by atoms with E-state index < -0.39 is 0 Å². The summed E-state index contributed by atoms with van der Waals surface area (Å²) in [6.45, 7) is 5.51. The van der Waals surface area contributed by atoms with Crippen molar-refractivity contribution in [2.45, 2.75) is 39.2 Å². The molecule has 0 aromatic heterocycles. The van der Waals surface area contributed by atoms with Gasteiger partial charge in [-0.05, 0) is 43.4 Å². The van der Waals surface area contributed by atoms with Crippen molar-refractivity contribution in [3.8, 4) is 0 Å². The Kier molecular flexibility index (Phi) is 4.76. The van der Waals surface area contributed by atoms with Crippen molar-refractivity contribution < 1.29 is 5.21 Å². The molecule has 1 aromatic carbocycles. The van der Waals surface area contributed by atoms with Crippen LogP contribution in [0.4, 0.5) is 5.69 Å². The second kappa shape index (κ2) is 6.35. The minimum absolute atomic E-state index is 0.0432. The Morgan fingerprint density at radius 1 is 1.50 bits per heavy atom. The number of hydrogen-bond acceptors (Lipinski definition) is 3. The van der Waals surface area contributed by atoms with E-state index in [2.05, 4.69) is 23.9 Å². The van der Waals surface area contributed by atoms with Gasteiger partial charge < -0.3 is 15.8 Å². The molecule has 1 aliphatic carbocycles. The molecule has 110 valence electrons. The standard InChI is InChI=1S/C15H22ClN3O/c1-10(2)7-8-19(11-3-4-11)12-5-6-13(14(16)9-12)15(17)18-20/h5-6,9-11,20H,3-4,7-8H2,1-2H3,(H2,17,18). The number of benzene rings is 1. The average molecular weight is 296 g/mol. The molecule has 0 saturated heterocycles. The van der Waals surface area contributed by atoms with Gasteiger partial charge in [0.1, 0.15) is 0 Å². The van der Waals surface area contributed by atoms with Crippen molar-refractivity contribution in [1.82, 2.24) is 0 Å². The molecule has 1 aromatic rings. The van der Waals surface area contributed by atoms with Crippen molar-refractivity contribution in [3.63, 3.8) is 0 Å². The highest BCUT2D eigenvalue weighted by Gasteiger charge is 2.29. The molecule has 2 rings (SSSR count). The van der Waals surface area contributed by atoms with Crippen LogP contribution in [0.15, 0.2) is 23.4 Å². The molecule has 20 heavy (non-hydrogen) atoms. The summed E-state index contributed by atoms with van der Waals surface area (Å²) in [7, 11) is 0. The minimum atomic E-state index is 0.0432. The molecule has 0 atom stereocenters. The maximum absolute atomic E-state index is 8.73. The molecule has 0 heterocycles. The molecule has 4 nitrogen and oxygen atoms in total. The first-order valence-corrected chi connectivity index (χ1v) is 7.44. The molecule has 0 bridgehead atoms. The normalized spacial score (nSPS) is 15.7. The average Bonchev–Trinajstić information content (AvgIpc) is 3.22. The van der Waals surface area contributed by atoms with Crippen LogP contribution in [0.2, 0.25) is 5.02 Å².